The monoisotopic (exact) mass is 988 g/mol. The fourth-order valence-electron chi connectivity index (χ4n) is 7.81. The van der Waals surface area contributed by atoms with E-state index in [1.165, 1.54) is 57.8 Å². The summed E-state index contributed by atoms with van der Waals surface area (Å²) in [6.45, 7) is 3.61. The number of ether oxygens (including phenoxy) is 2. The van der Waals surface area contributed by atoms with Crippen LogP contribution in [0.5, 0.6) is 0 Å². The summed E-state index contributed by atoms with van der Waals surface area (Å²) in [5.74, 6) is -0.212. The van der Waals surface area contributed by atoms with Gasteiger partial charge in [-0.05, 0) is 103 Å². The van der Waals surface area contributed by atoms with Crippen LogP contribution in [0.25, 0.3) is 0 Å². The van der Waals surface area contributed by atoms with Gasteiger partial charge in [0.05, 0.1) is 25.4 Å². The first-order chi connectivity index (χ1) is 34.8. The Kier molecular flexibility index (Phi) is 45.9. The number of unbranched alkanes of at least 4 members (excludes halogenated alkanes) is 15. The number of hydrogen-bond donors (Lipinski definition) is 6. The Labute approximate surface area is 432 Å². The smallest absolute Gasteiger partial charge is 0.220 e. The van der Waals surface area contributed by atoms with Gasteiger partial charge in [-0.15, -0.1) is 0 Å². The largest absolute Gasteiger partial charge is 0.394 e. The Morgan fingerprint density at radius 1 is 0.493 bits per heavy atom. The van der Waals surface area contributed by atoms with Crippen LogP contribution in [0.15, 0.2) is 134 Å². The normalized spacial score (nSPS) is 20.4. The predicted octanol–water partition coefficient (Wildman–Crippen LogP) is 13.7. The number of amides is 1. The van der Waals surface area contributed by atoms with E-state index in [0.717, 1.165) is 116 Å². The highest BCUT2D eigenvalue weighted by Crippen LogP contribution is 2.22. The number of nitrogens with one attached hydrogen (secondary N) is 1. The highest BCUT2D eigenvalue weighted by molar-refractivity contribution is 5.76. The number of rotatable bonds is 45. The zero-order valence-electron chi connectivity index (χ0n) is 44.4. The van der Waals surface area contributed by atoms with Crippen molar-refractivity contribution in [3.8, 4) is 0 Å². The molecule has 402 valence electrons. The quantitative estimate of drug-likeness (QED) is 0.0261. The first-order valence-electron chi connectivity index (χ1n) is 27.9. The van der Waals surface area contributed by atoms with Crippen LogP contribution in [0, 0.1) is 0 Å². The molecule has 7 atom stereocenters. The van der Waals surface area contributed by atoms with E-state index >= 15 is 0 Å². The highest BCUT2D eigenvalue weighted by atomic mass is 16.7. The van der Waals surface area contributed by atoms with Crippen LogP contribution >= 0.6 is 0 Å². The van der Waals surface area contributed by atoms with Gasteiger partial charge in [0, 0.05) is 6.42 Å². The molecular weight excluding hydrogens is 887 g/mol. The fraction of sp³-hybridized carbons (Fsp3) is 0.629. The summed E-state index contributed by atoms with van der Waals surface area (Å²) in [7, 11) is 0. The molecule has 0 aromatic heterocycles. The lowest BCUT2D eigenvalue weighted by Crippen LogP contribution is -2.60. The molecule has 0 saturated carbocycles. The molecule has 71 heavy (non-hydrogen) atoms. The number of allylic oxidation sites excluding steroid dienone is 21. The molecule has 0 bridgehead atoms. The summed E-state index contributed by atoms with van der Waals surface area (Å²) in [4.78, 5) is 13.0. The average molecular weight is 988 g/mol. The van der Waals surface area contributed by atoms with Crippen LogP contribution in [0.1, 0.15) is 194 Å². The van der Waals surface area contributed by atoms with Crippen LogP contribution < -0.4 is 5.32 Å². The molecule has 0 radical (unpaired) electrons. The van der Waals surface area contributed by atoms with Crippen molar-refractivity contribution in [1.29, 1.82) is 0 Å². The first kappa shape index (κ1) is 65.3. The molecule has 7 unspecified atom stereocenters. The van der Waals surface area contributed by atoms with Crippen molar-refractivity contribution >= 4 is 5.91 Å². The molecule has 1 heterocycles. The summed E-state index contributed by atoms with van der Waals surface area (Å²) < 4.78 is 11.2. The van der Waals surface area contributed by atoms with Gasteiger partial charge in [-0.25, -0.2) is 0 Å². The van der Waals surface area contributed by atoms with Gasteiger partial charge < -0.3 is 40.3 Å². The van der Waals surface area contributed by atoms with Crippen LogP contribution in [0.4, 0.5) is 0 Å². The van der Waals surface area contributed by atoms with E-state index in [2.05, 4.69) is 141 Å². The molecule has 0 aromatic rings. The topological polar surface area (TPSA) is 149 Å². The van der Waals surface area contributed by atoms with E-state index in [-0.39, 0.29) is 12.5 Å². The van der Waals surface area contributed by atoms with Gasteiger partial charge in [0.1, 0.15) is 24.4 Å². The predicted molar refractivity (Wildman–Crippen MR) is 299 cm³/mol. The molecule has 1 amide bonds. The number of aliphatic hydroxyl groups excluding tert-OH is 5. The van der Waals surface area contributed by atoms with Gasteiger partial charge in [-0.3, -0.25) is 4.79 Å². The van der Waals surface area contributed by atoms with Crippen LogP contribution in [0.2, 0.25) is 0 Å². The van der Waals surface area contributed by atoms with E-state index in [9.17, 15) is 30.3 Å². The molecule has 9 heteroatoms. The maximum atomic E-state index is 13.0. The Bertz CT molecular complexity index is 1570. The fourth-order valence-corrected chi connectivity index (χ4v) is 7.81. The SMILES string of the molecule is CC/C=C\C/C=C\C/C=C\C/C=C\C/C=C\C/C=C\C/C=C\C/C=C\C/C=C\CCCCCCCC(=O)NC(COC1OC(CO)C(O)C(O)C1O)C(O)/C=C/CC/C=C/CCCCCCCCCCC. The van der Waals surface area contributed by atoms with Gasteiger partial charge in [0.25, 0.3) is 0 Å². The standard InChI is InChI=1S/C62H101NO8/c1-3-5-7-9-11-13-15-17-19-20-21-22-23-24-25-26-27-28-29-30-31-32-33-34-35-36-38-40-42-44-46-48-50-52-58(66)63-55(54-70-62-61(69)60(68)59(67)57(53-64)71-62)56(65)51-49-47-45-43-41-39-37-18-16-14-12-10-8-6-4-2/h5,7,11,13,17,19,21-22,24-25,27-28,30-31,33-34,36,38,41,43,49,51,55-57,59-62,64-65,67-69H,3-4,6,8-10,12,14-16,18,20,23,26,29,32,35,37,39-40,42,44-48,50,52-54H2,1-2H3,(H,63,66)/b7-5-,13-11-,19-17-,22-21-,25-24-,28-27-,31-30-,34-33-,38-36-,43-41+,51-49+. The average Bonchev–Trinajstić information content (AvgIpc) is 3.37. The molecule has 1 saturated heterocycles. The lowest BCUT2D eigenvalue weighted by atomic mass is 9.99. The van der Waals surface area contributed by atoms with Gasteiger partial charge in [-0.2, -0.15) is 0 Å². The van der Waals surface area contributed by atoms with Crippen molar-refractivity contribution in [2.24, 2.45) is 0 Å². The minimum absolute atomic E-state index is 0.212. The van der Waals surface area contributed by atoms with E-state index in [1.54, 1.807) is 6.08 Å². The van der Waals surface area contributed by atoms with Crippen LogP contribution in [0.3, 0.4) is 0 Å². The number of carbonyl (C=O) groups excluding carboxylic acids is 1. The molecule has 9 nitrogen and oxygen atoms in total. The molecular formula is C62H101NO8. The lowest BCUT2D eigenvalue weighted by Gasteiger charge is -2.40. The Balaban J connectivity index is 2.27. The molecule has 1 rings (SSSR count). The Hall–Kier alpha value is -3.67. The number of hydrogen-bond acceptors (Lipinski definition) is 8. The maximum Gasteiger partial charge on any atom is 0.220 e. The maximum absolute atomic E-state index is 13.0. The highest BCUT2D eigenvalue weighted by Gasteiger charge is 2.44. The molecule has 1 fully saturated rings. The van der Waals surface area contributed by atoms with Gasteiger partial charge in [-0.1, -0.05) is 218 Å². The molecule has 0 aromatic carbocycles. The Morgan fingerprint density at radius 3 is 1.35 bits per heavy atom. The van der Waals surface area contributed by atoms with Crippen LogP contribution in [-0.4, -0.2) is 87.5 Å². The summed E-state index contributed by atoms with van der Waals surface area (Å²) >= 11 is 0. The van der Waals surface area contributed by atoms with E-state index in [0.29, 0.717) is 6.42 Å². The zero-order valence-corrected chi connectivity index (χ0v) is 44.4. The van der Waals surface area contributed by atoms with Crippen molar-refractivity contribution in [3.05, 3.63) is 134 Å². The molecule has 1 aliphatic rings. The first-order valence-corrected chi connectivity index (χ1v) is 27.9. The summed E-state index contributed by atoms with van der Waals surface area (Å²) in [6.07, 6.45) is 69.3. The third kappa shape index (κ3) is 39.5. The Morgan fingerprint density at radius 2 is 0.887 bits per heavy atom. The summed E-state index contributed by atoms with van der Waals surface area (Å²) in [5, 5.41) is 54.4. The molecule has 6 N–H and O–H groups in total. The van der Waals surface area contributed by atoms with Gasteiger partial charge in [0.2, 0.25) is 5.91 Å². The van der Waals surface area contributed by atoms with Gasteiger partial charge in [0.15, 0.2) is 6.29 Å². The van der Waals surface area contributed by atoms with Crippen molar-refractivity contribution in [3.63, 3.8) is 0 Å². The second-order valence-electron chi connectivity index (χ2n) is 18.6. The second kappa shape index (κ2) is 49.9. The molecule has 1 aliphatic heterocycles. The van der Waals surface area contributed by atoms with E-state index < -0.39 is 49.5 Å². The third-order valence-corrected chi connectivity index (χ3v) is 12.2. The van der Waals surface area contributed by atoms with E-state index in [4.69, 9.17) is 9.47 Å². The van der Waals surface area contributed by atoms with Crippen molar-refractivity contribution in [1.82, 2.24) is 5.32 Å². The molecule has 0 spiro atoms. The summed E-state index contributed by atoms with van der Waals surface area (Å²) in [6, 6.07) is -0.842. The van der Waals surface area contributed by atoms with Crippen molar-refractivity contribution in [2.75, 3.05) is 13.2 Å². The lowest BCUT2D eigenvalue weighted by molar-refractivity contribution is -0.302. The van der Waals surface area contributed by atoms with E-state index in [1.807, 2.05) is 6.08 Å². The van der Waals surface area contributed by atoms with Crippen LogP contribution in [-0.2, 0) is 14.3 Å². The minimum atomic E-state index is -1.58. The van der Waals surface area contributed by atoms with Crippen molar-refractivity contribution in [2.45, 2.75) is 236 Å². The number of aliphatic hydroxyl groups is 5. The summed E-state index contributed by atoms with van der Waals surface area (Å²) in [5.41, 5.74) is 0. The second-order valence-corrected chi connectivity index (χ2v) is 18.6. The molecule has 0 aliphatic carbocycles. The van der Waals surface area contributed by atoms with Gasteiger partial charge >= 0.3 is 0 Å². The third-order valence-electron chi connectivity index (χ3n) is 12.2. The zero-order chi connectivity index (χ0) is 51.5. The number of carbonyl (C=O) groups is 1. The van der Waals surface area contributed by atoms with Crippen molar-refractivity contribution < 1.29 is 39.8 Å². The minimum Gasteiger partial charge on any atom is -0.394 e.